The first-order valence-corrected chi connectivity index (χ1v) is 17.3. The Hall–Kier alpha value is -6.64. The third kappa shape index (κ3) is 4.87. The van der Waals surface area contributed by atoms with Gasteiger partial charge in [-0.1, -0.05) is 170 Å². The Morgan fingerprint density at radius 2 is 0.608 bits per heavy atom. The van der Waals surface area contributed by atoms with Crippen molar-refractivity contribution >= 4 is 0 Å². The van der Waals surface area contributed by atoms with Crippen LogP contribution in [0.15, 0.2) is 194 Å². The lowest BCUT2D eigenvalue weighted by Gasteiger charge is -2.35. The summed E-state index contributed by atoms with van der Waals surface area (Å²) in [6, 6.07) is 66.6. The lowest BCUT2D eigenvalue weighted by Crippen LogP contribution is -2.28. The molecule has 0 aromatic heterocycles. The highest BCUT2D eigenvalue weighted by Crippen LogP contribution is 2.57. The molecule has 0 bridgehead atoms. The molecule has 1 aliphatic carbocycles. The molecule has 51 heavy (non-hydrogen) atoms. The summed E-state index contributed by atoms with van der Waals surface area (Å²) in [6.45, 7) is 0. The molecule has 8 aromatic rings. The largest absolute Gasteiger partial charge is 0.507 e. The second-order valence-electron chi connectivity index (χ2n) is 13.1. The van der Waals surface area contributed by atoms with Crippen molar-refractivity contribution in [3.63, 3.8) is 0 Å². The maximum Gasteiger partial charge on any atom is 0.123 e. The third-order valence-electron chi connectivity index (χ3n) is 10.4. The van der Waals surface area contributed by atoms with Gasteiger partial charge in [-0.3, -0.25) is 0 Å². The third-order valence-corrected chi connectivity index (χ3v) is 10.4. The number of fused-ring (bicyclic) bond motifs is 3. The fourth-order valence-corrected chi connectivity index (χ4v) is 8.17. The summed E-state index contributed by atoms with van der Waals surface area (Å²) in [5.74, 6) is 0.445. The van der Waals surface area contributed by atoms with Gasteiger partial charge in [-0.2, -0.15) is 0 Å². The van der Waals surface area contributed by atoms with E-state index in [1.54, 1.807) is 0 Å². The first kappa shape index (κ1) is 30.4. The maximum atomic E-state index is 11.6. The smallest absolute Gasteiger partial charge is 0.123 e. The number of hydrogen-bond donors (Lipinski definition) is 2. The Labute approximate surface area is 298 Å². The molecule has 0 aliphatic heterocycles. The van der Waals surface area contributed by atoms with Crippen molar-refractivity contribution in [1.29, 1.82) is 0 Å². The predicted octanol–water partition coefficient (Wildman–Crippen LogP) is 12.1. The van der Waals surface area contributed by atoms with Crippen LogP contribution in [0.2, 0.25) is 0 Å². The van der Waals surface area contributed by atoms with Crippen LogP contribution < -0.4 is 0 Å². The fraction of sp³-hybridized carbons (Fsp3) is 0.0204. The molecule has 0 atom stereocenters. The first-order chi connectivity index (χ1) is 25.1. The summed E-state index contributed by atoms with van der Waals surface area (Å²) in [5, 5.41) is 23.2. The van der Waals surface area contributed by atoms with Gasteiger partial charge < -0.3 is 10.2 Å². The fourth-order valence-electron chi connectivity index (χ4n) is 8.17. The minimum Gasteiger partial charge on any atom is -0.507 e. The van der Waals surface area contributed by atoms with E-state index in [1.807, 2.05) is 72.8 Å². The first-order valence-electron chi connectivity index (χ1n) is 17.3. The van der Waals surface area contributed by atoms with E-state index < -0.39 is 5.41 Å². The number of rotatable bonds is 6. The molecule has 8 aromatic carbocycles. The van der Waals surface area contributed by atoms with Crippen molar-refractivity contribution in [3.05, 3.63) is 216 Å². The second kappa shape index (κ2) is 12.4. The van der Waals surface area contributed by atoms with Crippen molar-refractivity contribution in [1.82, 2.24) is 0 Å². The molecule has 242 valence electrons. The normalized spacial score (nSPS) is 12.6. The van der Waals surface area contributed by atoms with E-state index in [4.69, 9.17) is 0 Å². The lowest BCUT2D eigenvalue weighted by atomic mass is 9.66. The molecular weight excluding hydrogens is 621 g/mol. The van der Waals surface area contributed by atoms with Crippen molar-refractivity contribution in [2.24, 2.45) is 0 Å². The van der Waals surface area contributed by atoms with Gasteiger partial charge in [0.25, 0.3) is 0 Å². The van der Waals surface area contributed by atoms with Crippen molar-refractivity contribution < 1.29 is 10.2 Å². The van der Waals surface area contributed by atoms with E-state index in [1.165, 1.54) is 11.1 Å². The highest BCUT2D eigenvalue weighted by Gasteiger charge is 2.46. The van der Waals surface area contributed by atoms with E-state index in [-0.39, 0.29) is 11.5 Å². The van der Waals surface area contributed by atoms with Gasteiger partial charge in [-0.05, 0) is 91.0 Å². The topological polar surface area (TPSA) is 40.5 Å². The number of phenolic OH excluding ortho intramolecular Hbond substituents is 2. The van der Waals surface area contributed by atoms with Crippen LogP contribution in [0.1, 0.15) is 22.3 Å². The Balaban J connectivity index is 1.34. The van der Waals surface area contributed by atoms with E-state index >= 15 is 0 Å². The SMILES string of the molecule is Oc1ccc(C2(c3ccc(O)c(-c4ccccc4-c4ccccc4)c3)c3ccccc3-c3ccccc32)cc1-c1ccccc1-c1ccccc1. The molecule has 0 amide bonds. The van der Waals surface area contributed by atoms with Crippen LogP contribution in [0.5, 0.6) is 11.5 Å². The second-order valence-corrected chi connectivity index (χ2v) is 13.1. The zero-order valence-electron chi connectivity index (χ0n) is 27.9. The van der Waals surface area contributed by atoms with E-state index in [0.29, 0.717) is 0 Å². The Morgan fingerprint density at radius 3 is 1.02 bits per heavy atom. The molecule has 0 heterocycles. The number of benzene rings is 8. The van der Waals surface area contributed by atoms with Crippen LogP contribution in [0.25, 0.3) is 55.6 Å². The Kier molecular flexibility index (Phi) is 7.37. The van der Waals surface area contributed by atoms with Crippen LogP contribution >= 0.6 is 0 Å². The molecule has 0 saturated carbocycles. The molecule has 2 heteroatoms. The summed E-state index contributed by atoms with van der Waals surface area (Å²) in [7, 11) is 0. The van der Waals surface area contributed by atoms with Crippen LogP contribution in [0, 0.1) is 0 Å². The molecular formula is C49H34O2. The summed E-state index contributed by atoms with van der Waals surface area (Å²) in [5.41, 5.74) is 13.7. The Bertz CT molecular complexity index is 2370. The van der Waals surface area contributed by atoms with Gasteiger partial charge in [0.05, 0.1) is 5.41 Å². The average molecular weight is 655 g/mol. The molecule has 0 fully saturated rings. The Morgan fingerprint density at radius 1 is 0.275 bits per heavy atom. The van der Waals surface area contributed by atoms with Gasteiger partial charge in [-0.15, -0.1) is 0 Å². The average Bonchev–Trinajstić information content (AvgIpc) is 3.50. The standard InChI is InChI=1S/C49H34O2/c50-47-29-27-35(31-43(47)39-21-9-7-19-37(39)33-15-3-1-4-16-33)49(45-25-13-11-23-41(45)42-24-12-14-26-46(42)49)36-28-30-48(51)44(32-36)40-22-10-8-20-38(40)34-17-5-2-6-18-34/h1-32,50-51H. The zero-order valence-corrected chi connectivity index (χ0v) is 27.9. The summed E-state index contributed by atoms with van der Waals surface area (Å²) in [4.78, 5) is 0. The van der Waals surface area contributed by atoms with Crippen LogP contribution in [-0.4, -0.2) is 10.2 Å². The molecule has 1 aliphatic rings. The summed E-state index contributed by atoms with van der Waals surface area (Å²) < 4.78 is 0. The maximum absolute atomic E-state index is 11.6. The van der Waals surface area contributed by atoms with Gasteiger partial charge in [0, 0.05) is 11.1 Å². The molecule has 2 nitrogen and oxygen atoms in total. The monoisotopic (exact) mass is 654 g/mol. The molecule has 0 spiro atoms. The summed E-state index contributed by atoms with van der Waals surface area (Å²) in [6.07, 6.45) is 0. The molecule has 9 rings (SSSR count). The molecule has 0 unspecified atom stereocenters. The van der Waals surface area contributed by atoms with E-state index in [2.05, 4.69) is 121 Å². The van der Waals surface area contributed by atoms with Gasteiger partial charge in [-0.25, -0.2) is 0 Å². The van der Waals surface area contributed by atoms with Gasteiger partial charge in [0.15, 0.2) is 0 Å². The molecule has 2 N–H and O–H groups in total. The van der Waals surface area contributed by atoms with Crippen LogP contribution in [-0.2, 0) is 5.41 Å². The van der Waals surface area contributed by atoms with Crippen LogP contribution in [0.3, 0.4) is 0 Å². The van der Waals surface area contributed by atoms with Gasteiger partial charge in [0.1, 0.15) is 11.5 Å². The minimum atomic E-state index is -0.749. The highest BCUT2D eigenvalue weighted by atomic mass is 16.3. The minimum absolute atomic E-state index is 0.222. The predicted molar refractivity (Wildman–Crippen MR) is 209 cm³/mol. The summed E-state index contributed by atoms with van der Waals surface area (Å²) >= 11 is 0. The molecule has 0 radical (unpaired) electrons. The van der Waals surface area contributed by atoms with Crippen molar-refractivity contribution in [3.8, 4) is 67.1 Å². The highest BCUT2D eigenvalue weighted by molar-refractivity contribution is 5.91. The van der Waals surface area contributed by atoms with Crippen LogP contribution in [0.4, 0.5) is 0 Å². The van der Waals surface area contributed by atoms with E-state index in [0.717, 1.165) is 66.8 Å². The van der Waals surface area contributed by atoms with Crippen molar-refractivity contribution in [2.45, 2.75) is 5.41 Å². The zero-order chi connectivity index (χ0) is 34.4. The van der Waals surface area contributed by atoms with Crippen molar-refractivity contribution in [2.75, 3.05) is 0 Å². The quantitative estimate of drug-likeness (QED) is 0.187. The number of hydrogen-bond acceptors (Lipinski definition) is 2. The molecule has 0 saturated heterocycles. The van der Waals surface area contributed by atoms with Gasteiger partial charge >= 0.3 is 0 Å². The van der Waals surface area contributed by atoms with E-state index in [9.17, 15) is 10.2 Å². The van der Waals surface area contributed by atoms with Gasteiger partial charge in [0.2, 0.25) is 0 Å². The number of aromatic hydroxyl groups is 2. The lowest BCUT2D eigenvalue weighted by molar-refractivity contribution is 0.477. The number of phenols is 2.